The van der Waals surface area contributed by atoms with Crippen LogP contribution in [0.3, 0.4) is 0 Å². The van der Waals surface area contributed by atoms with Crippen molar-refractivity contribution in [2.45, 2.75) is 33.2 Å². The van der Waals surface area contributed by atoms with Gasteiger partial charge in [0.25, 0.3) is 5.91 Å². The van der Waals surface area contributed by atoms with Crippen LogP contribution in [-0.4, -0.2) is 44.0 Å². The van der Waals surface area contributed by atoms with Gasteiger partial charge < -0.3 is 15.5 Å². The summed E-state index contributed by atoms with van der Waals surface area (Å²) in [5.74, 6) is 0.818. The number of nitrogens with one attached hydrogen (secondary N) is 2. The van der Waals surface area contributed by atoms with Crippen LogP contribution >= 0.6 is 24.0 Å². The lowest BCUT2D eigenvalue weighted by molar-refractivity contribution is 0.0827. The highest BCUT2D eigenvalue weighted by Gasteiger charge is 2.07. The van der Waals surface area contributed by atoms with Crippen LogP contribution in [0.15, 0.2) is 53.5 Å². The van der Waals surface area contributed by atoms with Crippen LogP contribution in [0.1, 0.15) is 40.9 Å². The molecule has 6 heteroatoms. The Hall–Kier alpha value is -2.09. The molecule has 0 fully saturated rings. The first-order valence-electron chi connectivity index (χ1n) is 9.94. The maximum atomic E-state index is 12.0. The van der Waals surface area contributed by atoms with Gasteiger partial charge in [-0.05, 0) is 48.6 Å². The summed E-state index contributed by atoms with van der Waals surface area (Å²) in [7, 11) is 3.51. The van der Waals surface area contributed by atoms with E-state index < -0.39 is 0 Å². The maximum Gasteiger partial charge on any atom is 0.253 e. The Bertz CT molecular complexity index is 770. The van der Waals surface area contributed by atoms with E-state index in [-0.39, 0.29) is 29.9 Å². The van der Waals surface area contributed by atoms with E-state index in [4.69, 9.17) is 0 Å². The van der Waals surface area contributed by atoms with E-state index in [9.17, 15) is 4.79 Å². The molecule has 0 aromatic heterocycles. The SMILES string of the molecule is CCNC(=NCc1ccc(C(=O)N(C)C)cc1)NCCc1ccc(CC)cc1.I. The number of aliphatic imine (C=N–C) groups is 1. The fourth-order valence-corrected chi connectivity index (χ4v) is 2.79. The second-order valence-electron chi connectivity index (χ2n) is 6.94. The highest BCUT2D eigenvalue weighted by atomic mass is 127. The van der Waals surface area contributed by atoms with Crippen molar-refractivity contribution in [3.63, 3.8) is 0 Å². The summed E-state index contributed by atoms with van der Waals surface area (Å²) in [4.78, 5) is 18.2. The van der Waals surface area contributed by atoms with Gasteiger partial charge in [-0.2, -0.15) is 0 Å². The molecule has 0 radical (unpaired) electrons. The minimum absolute atomic E-state index is 0. The van der Waals surface area contributed by atoms with Gasteiger partial charge in [0, 0.05) is 32.7 Å². The Morgan fingerprint density at radius 2 is 1.48 bits per heavy atom. The van der Waals surface area contributed by atoms with E-state index >= 15 is 0 Å². The number of aryl methyl sites for hydroxylation is 1. The molecule has 29 heavy (non-hydrogen) atoms. The number of hydrogen-bond donors (Lipinski definition) is 2. The van der Waals surface area contributed by atoms with E-state index in [0.29, 0.717) is 12.1 Å². The van der Waals surface area contributed by atoms with Crippen molar-refractivity contribution in [2.24, 2.45) is 4.99 Å². The van der Waals surface area contributed by atoms with Gasteiger partial charge in [-0.1, -0.05) is 43.3 Å². The largest absolute Gasteiger partial charge is 0.357 e. The van der Waals surface area contributed by atoms with Crippen molar-refractivity contribution in [3.8, 4) is 0 Å². The smallest absolute Gasteiger partial charge is 0.253 e. The monoisotopic (exact) mass is 508 g/mol. The summed E-state index contributed by atoms with van der Waals surface area (Å²) in [5.41, 5.74) is 4.45. The number of carbonyl (C=O) groups excluding carboxylic acids is 1. The third kappa shape index (κ3) is 8.43. The molecule has 5 nitrogen and oxygen atoms in total. The lowest BCUT2D eigenvalue weighted by Gasteiger charge is -2.12. The molecule has 1 amide bonds. The van der Waals surface area contributed by atoms with Crippen LogP contribution < -0.4 is 10.6 Å². The number of carbonyl (C=O) groups is 1. The second kappa shape index (κ2) is 13.2. The van der Waals surface area contributed by atoms with Crippen molar-refractivity contribution in [1.29, 1.82) is 0 Å². The van der Waals surface area contributed by atoms with Gasteiger partial charge >= 0.3 is 0 Å². The predicted octanol–water partition coefficient (Wildman–Crippen LogP) is 3.87. The molecule has 2 aromatic carbocycles. The minimum atomic E-state index is 0. The van der Waals surface area contributed by atoms with Crippen molar-refractivity contribution >= 4 is 35.8 Å². The summed E-state index contributed by atoms with van der Waals surface area (Å²) in [6.07, 6.45) is 2.02. The van der Waals surface area contributed by atoms with E-state index in [1.807, 2.05) is 24.3 Å². The average molecular weight is 508 g/mol. The van der Waals surface area contributed by atoms with Crippen LogP contribution in [0.25, 0.3) is 0 Å². The molecule has 0 aliphatic rings. The summed E-state index contributed by atoms with van der Waals surface area (Å²) in [6, 6.07) is 16.4. The van der Waals surface area contributed by atoms with Crippen LogP contribution in [0, 0.1) is 0 Å². The molecule has 0 saturated heterocycles. The van der Waals surface area contributed by atoms with Crippen LogP contribution in [-0.2, 0) is 19.4 Å². The van der Waals surface area contributed by atoms with E-state index in [2.05, 4.69) is 53.7 Å². The molecule has 2 rings (SSSR count). The first kappa shape index (κ1) is 24.9. The van der Waals surface area contributed by atoms with Gasteiger partial charge in [0.1, 0.15) is 0 Å². The molecule has 0 heterocycles. The van der Waals surface area contributed by atoms with E-state index in [1.54, 1.807) is 19.0 Å². The zero-order valence-corrected chi connectivity index (χ0v) is 20.2. The van der Waals surface area contributed by atoms with E-state index in [1.165, 1.54) is 11.1 Å². The third-order valence-electron chi connectivity index (χ3n) is 4.51. The lowest BCUT2D eigenvalue weighted by atomic mass is 10.1. The molecule has 0 aliphatic carbocycles. The van der Waals surface area contributed by atoms with Gasteiger partial charge in [-0.3, -0.25) is 4.79 Å². The molecular weight excluding hydrogens is 475 g/mol. The van der Waals surface area contributed by atoms with Crippen LogP contribution in [0.5, 0.6) is 0 Å². The van der Waals surface area contributed by atoms with E-state index in [0.717, 1.165) is 37.5 Å². The van der Waals surface area contributed by atoms with Crippen LogP contribution in [0.2, 0.25) is 0 Å². The molecule has 0 atom stereocenters. The molecule has 0 aliphatic heterocycles. The summed E-state index contributed by atoms with van der Waals surface area (Å²) < 4.78 is 0. The number of rotatable bonds is 8. The highest BCUT2D eigenvalue weighted by Crippen LogP contribution is 2.08. The van der Waals surface area contributed by atoms with Gasteiger partial charge in [-0.25, -0.2) is 4.99 Å². The number of guanidine groups is 1. The van der Waals surface area contributed by atoms with Gasteiger partial charge in [-0.15, -0.1) is 24.0 Å². The Labute approximate surface area is 192 Å². The summed E-state index contributed by atoms with van der Waals surface area (Å²) >= 11 is 0. The Morgan fingerprint density at radius 1 is 0.897 bits per heavy atom. The molecule has 0 unspecified atom stereocenters. The maximum absolute atomic E-state index is 12.0. The van der Waals surface area contributed by atoms with Crippen molar-refractivity contribution in [2.75, 3.05) is 27.2 Å². The summed E-state index contributed by atoms with van der Waals surface area (Å²) in [5, 5.41) is 6.67. The third-order valence-corrected chi connectivity index (χ3v) is 4.51. The lowest BCUT2D eigenvalue weighted by Crippen LogP contribution is -2.38. The fourth-order valence-electron chi connectivity index (χ4n) is 2.79. The van der Waals surface area contributed by atoms with Crippen molar-refractivity contribution in [1.82, 2.24) is 15.5 Å². The van der Waals surface area contributed by atoms with Crippen molar-refractivity contribution < 1.29 is 4.79 Å². The Balaban J connectivity index is 0.00000420. The second-order valence-corrected chi connectivity index (χ2v) is 6.94. The molecule has 158 valence electrons. The fraction of sp³-hybridized carbons (Fsp3) is 0.391. The normalized spacial score (nSPS) is 10.8. The highest BCUT2D eigenvalue weighted by molar-refractivity contribution is 14.0. The topological polar surface area (TPSA) is 56.7 Å². The van der Waals surface area contributed by atoms with Gasteiger partial charge in [0.05, 0.1) is 6.54 Å². The zero-order valence-electron chi connectivity index (χ0n) is 17.9. The zero-order chi connectivity index (χ0) is 20.4. The van der Waals surface area contributed by atoms with Gasteiger partial charge in [0.2, 0.25) is 0 Å². The number of halogens is 1. The Kier molecular flexibility index (Phi) is 11.3. The number of benzene rings is 2. The predicted molar refractivity (Wildman–Crippen MR) is 132 cm³/mol. The first-order chi connectivity index (χ1) is 13.5. The molecule has 0 spiro atoms. The Morgan fingerprint density at radius 3 is 2.03 bits per heavy atom. The molecule has 2 N–H and O–H groups in total. The quantitative estimate of drug-likeness (QED) is 0.324. The van der Waals surface area contributed by atoms with Gasteiger partial charge in [0.15, 0.2) is 5.96 Å². The molecular formula is C23H33IN4O. The molecule has 2 aromatic rings. The summed E-state index contributed by atoms with van der Waals surface area (Å²) in [6.45, 7) is 6.43. The average Bonchev–Trinajstić information content (AvgIpc) is 2.72. The number of nitrogens with zero attached hydrogens (tertiary/aromatic N) is 2. The minimum Gasteiger partial charge on any atom is -0.357 e. The van der Waals surface area contributed by atoms with Crippen LogP contribution in [0.4, 0.5) is 0 Å². The molecule has 0 bridgehead atoms. The molecule has 0 saturated carbocycles. The number of hydrogen-bond acceptors (Lipinski definition) is 2. The first-order valence-corrected chi connectivity index (χ1v) is 9.94. The standard InChI is InChI=1S/C23H32N4O.HI/c1-5-18-7-9-19(10-8-18)15-16-25-23(24-6-2)26-17-20-11-13-21(14-12-20)22(28)27(3)4;/h7-14H,5-6,15-17H2,1-4H3,(H2,24,25,26);1H. The van der Waals surface area contributed by atoms with Crippen molar-refractivity contribution in [3.05, 3.63) is 70.8 Å². The number of amides is 1.